The third kappa shape index (κ3) is 3.57. The molecule has 0 bridgehead atoms. The fourth-order valence-corrected chi connectivity index (χ4v) is 4.75. The van der Waals surface area contributed by atoms with Crippen LogP contribution >= 0.6 is 0 Å². The van der Waals surface area contributed by atoms with Crippen molar-refractivity contribution in [2.75, 3.05) is 0 Å². The molecule has 4 aromatic rings. The van der Waals surface area contributed by atoms with Crippen molar-refractivity contribution in [2.45, 2.75) is 0 Å². The van der Waals surface area contributed by atoms with Gasteiger partial charge >= 0.3 is 9.28 Å². The zero-order chi connectivity index (χ0) is 16.9. The van der Waals surface area contributed by atoms with E-state index >= 15 is 0 Å². The second-order valence-corrected chi connectivity index (χ2v) is 7.52. The van der Waals surface area contributed by atoms with E-state index in [9.17, 15) is 0 Å². The smallest absolute Gasteiger partial charge is 0.480 e. The summed E-state index contributed by atoms with van der Waals surface area (Å²) < 4.78 is 12.7. The highest BCUT2D eigenvalue weighted by Gasteiger charge is 2.23. The summed E-state index contributed by atoms with van der Waals surface area (Å²) in [6.07, 6.45) is 0. The van der Waals surface area contributed by atoms with E-state index in [2.05, 4.69) is 42.5 Å². The van der Waals surface area contributed by atoms with E-state index in [1.54, 1.807) is 0 Å². The molecule has 122 valence electrons. The first-order valence-corrected chi connectivity index (χ1v) is 9.83. The molecule has 4 aromatic carbocycles. The third-order valence-electron chi connectivity index (χ3n) is 4.05. The lowest BCUT2D eigenvalue weighted by molar-refractivity contribution is 0.439. The molecule has 2 nitrogen and oxygen atoms in total. The van der Waals surface area contributed by atoms with Crippen molar-refractivity contribution in [3.05, 3.63) is 103 Å². The molecule has 4 rings (SSSR count). The third-order valence-corrected chi connectivity index (χ3v) is 6.03. The molecule has 0 saturated heterocycles. The lowest BCUT2D eigenvalue weighted by Crippen LogP contribution is -2.43. The first-order valence-electron chi connectivity index (χ1n) is 8.31. The highest BCUT2D eigenvalue weighted by atomic mass is 28.3. The minimum absolute atomic E-state index is 0.836. The average molecular weight is 342 g/mol. The van der Waals surface area contributed by atoms with Gasteiger partial charge in [-0.3, -0.25) is 0 Å². The maximum absolute atomic E-state index is 6.33. The van der Waals surface area contributed by atoms with Crippen molar-refractivity contribution in [3.63, 3.8) is 0 Å². The predicted octanol–water partition coefficient (Wildman–Crippen LogP) is 4.43. The number of para-hydroxylation sites is 2. The number of hydrogen-bond donors (Lipinski definition) is 0. The average Bonchev–Trinajstić information content (AvgIpc) is 2.69. The van der Waals surface area contributed by atoms with Crippen LogP contribution in [0.15, 0.2) is 103 Å². The Morgan fingerprint density at radius 3 is 1.64 bits per heavy atom. The lowest BCUT2D eigenvalue weighted by atomic mass is 10.1. The van der Waals surface area contributed by atoms with Crippen molar-refractivity contribution >= 4 is 25.2 Å². The Bertz CT molecular complexity index is 908. The SMILES string of the molecule is c1ccc(O[SiH](Oc2ccccc2)c2cccc3ccccc23)cc1. The van der Waals surface area contributed by atoms with Gasteiger partial charge in [-0.1, -0.05) is 78.9 Å². The van der Waals surface area contributed by atoms with Crippen molar-refractivity contribution in [1.29, 1.82) is 0 Å². The van der Waals surface area contributed by atoms with Crippen LogP contribution in [0.5, 0.6) is 11.5 Å². The molecule has 0 radical (unpaired) electrons. The summed E-state index contributed by atoms with van der Waals surface area (Å²) in [5.74, 6) is 1.67. The summed E-state index contributed by atoms with van der Waals surface area (Å²) in [5, 5.41) is 3.53. The fourth-order valence-electron chi connectivity index (χ4n) is 2.85. The van der Waals surface area contributed by atoms with Crippen molar-refractivity contribution in [1.82, 2.24) is 0 Å². The Morgan fingerprint density at radius 2 is 1.00 bits per heavy atom. The molecule has 0 saturated carbocycles. The maximum atomic E-state index is 6.33. The monoisotopic (exact) mass is 342 g/mol. The number of rotatable bonds is 5. The van der Waals surface area contributed by atoms with Gasteiger partial charge in [0.2, 0.25) is 0 Å². The van der Waals surface area contributed by atoms with Crippen LogP contribution in [0.2, 0.25) is 0 Å². The minimum atomic E-state index is -2.20. The van der Waals surface area contributed by atoms with E-state index in [-0.39, 0.29) is 0 Å². The van der Waals surface area contributed by atoms with Crippen LogP contribution in [-0.4, -0.2) is 9.28 Å². The quantitative estimate of drug-likeness (QED) is 0.500. The van der Waals surface area contributed by atoms with Gasteiger partial charge in [0.25, 0.3) is 0 Å². The highest BCUT2D eigenvalue weighted by Crippen LogP contribution is 2.17. The summed E-state index contributed by atoms with van der Waals surface area (Å²) in [6.45, 7) is 0. The van der Waals surface area contributed by atoms with Gasteiger partial charge in [0, 0.05) is 5.19 Å². The van der Waals surface area contributed by atoms with E-state index in [0.29, 0.717) is 0 Å². The Kier molecular flexibility index (Phi) is 4.48. The first-order chi connectivity index (χ1) is 12.4. The van der Waals surface area contributed by atoms with Crippen molar-refractivity contribution in [3.8, 4) is 11.5 Å². The topological polar surface area (TPSA) is 18.5 Å². The summed E-state index contributed by atoms with van der Waals surface area (Å²) in [4.78, 5) is 0. The van der Waals surface area contributed by atoms with Crippen molar-refractivity contribution < 1.29 is 8.85 Å². The summed E-state index contributed by atoms with van der Waals surface area (Å²) in [5.41, 5.74) is 0. The molecule has 0 atom stereocenters. The van der Waals surface area contributed by atoms with Crippen LogP contribution in [0.3, 0.4) is 0 Å². The molecule has 0 N–H and O–H groups in total. The number of hydrogen-bond acceptors (Lipinski definition) is 2. The molecule has 0 aliphatic rings. The predicted molar refractivity (Wildman–Crippen MR) is 105 cm³/mol. The second-order valence-electron chi connectivity index (χ2n) is 5.76. The van der Waals surface area contributed by atoms with E-state index in [0.717, 1.165) is 16.7 Å². The Hall–Kier alpha value is -3.04. The standard InChI is InChI=1S/C22H18O2Si/c1-3-12-19(13-4-1)23-25(24-20-14-5-2-6-15-20)22-17-9-11-18-10-7-8-16-21(18)22/h1-17,25H. The Morgan fingerprint density at radius 1 is 0.480 bits per heavy atom. The van der Waals surface area contributed by atoms with Crippen LogP contribution < -0.4 is 14.0 Å². The molecule has 0 fully saturated rings. The van der Waals surface area contributed by atoms with Gasteiger partial charge in [0.15, 0.2) is 0 Å². The van der Waals surface area contributed by atoms with E-state index in [1.165, 1.54) is 10.8 Å². The molecule has 0 aliphatic carbocycles. The van der Waals surface area contributed by atoms with E-state index in [1.807, 2.05) is 60.7 Å². The normalized spacial score (nSPS) is 10.8. The van der Waals surface area contributed by atoms with Crippen LogP contribution in [-0.2, 0) is 0 Å². The molecule has 0 amide bonds. The molecule has 0 unspecified atom stereocenters. The zero-order valence-corrected chi connectivity index (χ0v) is 14.9. The molecule has 25 heavy (non-hydrogen) atoms. The van der Waals surface area contributed by atoms with Crippen LogP contribution in [0.1, 0.15) is 0 Å². The Balaban J connectivity index is 1.76. The second kappa shape index (κ2) is 7.24. The van der Waals surface area contributed by atoms with Gasteiger partial charge in [0.05, 0.1) is 0 Å². The summed E-state index contributed by atoms with van der Waals surface area (Å²) in [7, 11) is -2.20. The van der Waals surface area contributed by atoms with E-state index < -0.39 is 9.28 Å². The highest BCUT2D eigenvalue weighted by molar-refractivity contribution is 6.65. The maximum Gasteiger partial charge on any atom is 0.480 e. The van der Waals surface area contributed by atoms with Gasteiger partial charge in [-0.15, -0.1) is 0 Å². The lowest BCUT2D eigenvalue weighted by Gasteiger charge is -2.20. The first kappa shape index (κ1) is 15.5. The Labute approximate surface area is 149 Å². The summed E-state index contributed by atoms with van der Waals surface area (Å²) in [6, 6.07) is 34.4. The minimum Gasteiger partial charge on any atom is -0.511 e. The molecule has 0 aromatic heterocycles. The summed E-state index contributed by atoms with van der Waals surface area (Å²) >= 11 is 0. The largest absolute Gasteiger partial charge is 0.511 e. The fraction of sp³-hybridized carbons (Fsp3) is 0. The molecule has 3 heteroatoms. The van der Waals surface area contributed by atoms with Crippen LogP contribution in [0.25, 0.3) is 10.8 Å². The van der Waals surface area contributed by atoms with Gasteiger partial charge in [-0.2, -0.15) is 0 Å². The zero-order valence-electron chi connectivity index (χ0n) is 13.7. The van der Waals surface area contributed by atoms with Crippen LogP contribution in [0.4, 0.5) is 0 Å². The molecule has 0 spiro atoms. The molecular weight excluding hydrogens is 324 g/mol. The van der Waals surface area contributed by atoms with Gasteiger partial charge < -0.3 is 8.85 Å². The van der Waals surface area contributed by atoms with Crippen molar-refractivity contribution in [2.24, 2.45) is 0 Å². The van der Waals surface area contributed by atoms with Gasteiger partial charge in [-0.25, -0.2) is 0 Å². The molecule has 0 heterocycles. The molecular formula is C22H18O2Si. The van der Waals surface area contributed by atoms with E-state index in [4.69, 9.17) is 8.85 Å². The van der Waals surface area contributed by atoms with Gasteiger partial charge in [0.1, 0.15) is 11.5 Å². The van der Waals surface area contributed by atoms with Gasteiger partial charge in [-0.05, 0) is 35.0 Å². The number of benzene rings is 4. The molecule has 0 aliphatic heterocycles. The number of fused-ring (bicyclic) bond motifs is 1. The van der Waals surface area contributed by atoms with Crippen LogP contribution in [0, 0.1) is 0 Å².